The highest BCUT2D eigenvalue weighted by Gasteiger charge is 2.06. The van der Waals surface area contributed by atoms with Crippen LogP contribution in [0, 0.1) is 6.92 Å². The van der Waals surface area contributed by atoms with E-state index in [0.717, 1.165) is 21.2 Å². The van der Waals surface area contributed by atoms with Crippen molar-refractivity contribution in [1.29, 1.82) is 0 Å². The van der Waals surface area contributed by atoms with Crippen LogP contribution in [0.15, 0.2) is 94.5 Å². The molecule has 0 unspecified atom stereocenters. The molecule has 5 heteroatoms. The standard InChI is InChI=1S/C24H21BrN2O2/c1-18-12-15-23(21(25)16-18)29-17-24(28)27-26-22(20-10-6-3-7-11-20)14-13-19-8-4-2-5-9-19/h2-16H,17H2,1H3,(H,27,28)/b14-13+,26-22-. The Hall–Kier alpha value is -3.18. The molecule has 0 bridgehead atoms. The first-order valence-corrected chi connectivity index (χ1v) is 9.95. The van der Waals surface area contributed by atoms with Crippen molar-refractivity contribution in [1.82, 2.24) is 5.43 Å². The summed E-state index contributed by atoms with van der Waals surface area (Å²) in [6.45, 7) is 1.86. The average Bonchev–Trinajstić information content (AvgIpc) is 2.74. The van der Waals surface area contributed by atoms with Gasteiger partial charge in [0.1, 0.15) is 5.75 Å². The molecule has 0 atom stereocenters. The number of rotatable bonds is 7. The van der Waals surface area contributed by atoms with E-state index in [4.69, 9.17) is 4.74 Å². The van der Waals surface area contributed by atoms with Gasteiger partial charge in [0.25, 0.3) is 5.91 Å². The smallest absolute Gasteiger partial charge is 0.277 e. The van der Waals surface area contributed by atoms with Crippen molar-refractivity contribution in [3.8, 4) is 5.75 Å². The highest BCUT2D eigenvalue weighted by Crippen LogP contribution is 2.25. The average molecular weight is 449 g/mol. The molecular weight excluding hydrogens is 428 g/mol. The van der Waals surface area contributed by atoms with Crippen molar-refractivity contribution < 1.29 is 9.53 Å². The second-order valence-corrected chi connectivity index (χ2v) is 7.22. The van der Waals surface area contributed by atoms with Crippen LogP contribution >= 0.6 is 15.9 Å². The molecular formula is C24H21BrN2O2. The van der Waals surface area contributed by atoms with E-state index in [0.29, 0.717) is 11.5 Å². The summed E-state index contributed by atoms with van der Waals surface area (Å²) in [4.78, 5) is 12.2. The molecule has 4 nitrogen and oxygen atoms in total. The Kier molecular flexibility index (Phi) is 7.36. The Morgan fingerprint density at radius 2 is 1.72 bits per heavy atom. The van der Waals surface area contributed by atoms with Gasteiger partial charge in [0, 0.05) is 5.56 Å². The van der Waals surface area contributed by atoms with E-state index < -0.39 is 0 Å². The van der Waals surface area contributed by atoms with Gasteiger partial charge < -0.3 is 4.74 Å². The molecule has 0 aromatic heterocycles. The van der Waals surface area contributed by atoms with Crippen LogP contribution < -0.4 is 10.2 Å². The number of halogens is 1. The lowest BCUT2D eigenvalue weighted by Crippen LogP contribution is -2.25. The third kappa shape index (κ3) is 6.43. The maximum Gasteiger partial charge on any atom is 0.277 e. The number of amides is 1. The molecule has 0 fully saturated rings. The summed E-state index contributed by atoms with van der Waals surface area (Å²) in [6, 6.07) is 25.3. The van der Waals surface area contributed by atoms with Gasteiger partial charge >= 0.3 is 0 Å². The summed E-state index contributed by atoms with van der Waals surface area (Å²) in [5, 5.41) is 4.30. The summed E-state index contributed by atoms with van der Waals surface area (Å²) in [6.07, 6.45) is 3.83. The molecule has 1 amide bonds. The maximum absolute atomic E-state index is 12.2. The second kappa shape index (κ2) is 10.4. The van der Waals surface area contributed by atoms with Crippen LogP contribution in [0.25, 0.3) is 6.08 Å². The molecule has 0 saturated carbocycles. The SMILES string of the molecule is Cc1ccc(OCC(=O)N/N=C(/C=C/c2ccccc2)c2ccccc2)c(Br)c1. The predicted octanol–water partition coefficient (Wildman–Crippen LogP) is 5.37. The van der Waals surface area contributed by atoms with E-state index in [-0.39, 0.29) is 12.5 Å². The van der Waals surface area contributed by atoms with Gasteiger partial charge in [0.2, 0.25) is 0 Å². The van der Waals surface area contributed by atoms with E-state index >= 15 is 0 Å². The Balaban J connectivity index is 1.68. The second-order valence-electron chi connectivity index (χ2n) is 6.36. The zero-order chi connectivity index (χ0) is 20.5. The normalized spacial score (nSPS) is 11.4. The number of nitrogens with zero attached hydrogens (tertiary/aromatic N) is 1. The fourth-order valence-electron chi connectivity index (χ4n) is 2.57. The van der Waals surface area contributed by atoms with Crippen molar-refractivity contribution in [2.45, 2.75) is 6.92 Å². The van der Waals surface area contributed by atoms with Crippen LogP contribution in [0.2, 0.25) is 0 Å². The number of carbonyl (C=O) groups excluding carboxylic acids is 1. The molecule has 0 spiro atoms. The van der Waals surface area contributed by atoms with Crippen molar-refractivity contribution in [2.75, 3.05) is 6.61 Å². The number of allylic oxidation sites excluding steroid dienone is 1. The lowest BCUT2D eigenvalue weighted by Gasteiger charge is -2.08. The first-order chi connectivity index (χ1) is 14.1. The number of hydrazone groups is 1. The number of hydrogen-bond acceptors (Lipinski definition) is 3. The Morgan fingerprint density at radius 3 is 2.41 bits per heavy atom. The minimum Gasteiger partial charge on any atom is -0.483 e. The van der Waals surface area contributed by atoms with Crippen LogP contribution in [0.4, 0.5) is 0 Å². The topological polar surface area (TPSA) is 50.7 Å². The van der Waals surface area contributed by atoms with E-state index in [2.05, 4.69) is 26.5 Å². The highest BCUT2D eigenvalue weighted by molar-refractivity contribution is 9.10. The molecule has 146 valence electrons. The zero-order valence-electron chi connectivity index (χ0n) is 16.0. The molecule has 0 aliphatic carbocycles. The van der Waals surface area contributed by atoms with Crippen LogP contribution in [0.5, 0.6) is 5.75 Å². The Bertz CT molecular complexity index is 1020. The molecule has 3 rings (SSSR count). The Labute approximate surface area is 179 Å². The van der Waals surface area contributed by atoms with Gasteiger partial charge in [0.15, 0.2) is 6.61 Å². The molecule has 3 aromatic carbocycles. The van der Waals surface area contributed by atoms with Crippen molar-refractivity contribution >= 4 is 33.6 Å². The lowest BCUT2D eigenvalue weighted by molar-refractivity contribution is -0.123. The fraction of sp³-hybridized carbons (Fsp3) is 0.0833. The first-order valence-electron chi connectivity index (χ1n) is 9.16. The van der Waals surface area contributed by atoms with E-state index in [9.17, 15) is 4.79 Å². The van der Waals surface area contributed by atoms with Crippen LogP contribution in [-0.4, -0.2) is 18.2 Å². The van der Waals surface area contributed by atoms with Gasteiger partial charge in [-0.2, -0.15) is 5.10 Å². The van der Waals surface area contributed by atoms with Gasteiger partial charge in [-0.15, -0.1) is 0 Å². The largest absolute Gasteiger partial charge is 0.483 e. The monoisotopic (exact) mass is 448 g/mol. The first kappa shape index (κ1) is 20.6. The molecule has 0 aliphatic heterocycles. The van der Waals surface area contributed by atoms with Gasteiger partial charge in [-0.25, -0.2) is 5.43 Å². The summed E-state index contributed by atoms with van der Waals surface area (Å²) < 4.78 is 6.38. The van der Waals surface area contributed by atoms with Crippen LogP contribution in [0.1, 0.15) is 16.7 Å². The van der Waals surface area contributed by atoms with Crippen LogP contribution in [-0.2, 0) is 4.79 Å². The summed E-state index contributed by atoms with van der Waals surface area (Å²) >= 11 is 3.44. The molecule has 3 aromatic rings. The Morgan fingerprint density at radius 1 is 1.03 bits per heavy atom. The highest BCUT2D eigenvalue weighted by atomic mass is 79.9. The van der Waals surface area contributed by atoms with E-state index in [1.807, 2.05) is 97.9 Å². The van der Waals surface area contributed by atoms with Gasteiger partial charge in [-0.3, -0.25) is 4.79 Å². The van der Waals surface area contributed by atoms with Gasteiger partial charge in [0.05, 0.1) is 10.2 Å². The fourth-order valence-corrected chi connectivity index (χ4v) is 3.18. The third-order valence-electron chi connectivity index (χ3n) is 4.05. The minimum atomic E-state index is -0.334. The predicted molar refractivity (Wildman–Crippen MR) is 121 cm³/mol. The molecule has 0 radical (unpaired) electrons. The lowest BCUT2D eigenvalue weighted by atomic mass is 10.1. The van der Waals surface area contributed by atoms with Crippen LogP contribution in [0.3, 0.4) is 0 Å². The molecule has 0 heterocycles. The van der Waals surface area contributed by atoms with E-state index in [1.165, 1.54) is 0 Å². The van der Waals surface area contributed by atoms with Crippen molar-refractivity contribution in [3.05, 3.63) is 106 Å². The summed E-state index contributed by atoms with van der Waals surface area (Å²) in [5.74, 6) is 0.279. The van der Waals surface area contributed by atoms with Crippen molar-refractivity contribution in [2.24, 2.45) is 5.10 Å². The summed E-state index contributed by atoms with van der Waals surface area (Å²) in [5.41, 5.74) is 6.29. The van der Waals surface area contributed by atoms with E-state index in [1.54, 1.807) is 0 Å². The minimum absolute atomic E-state index is 0.129. The van der Waals surface area contributed by atoms with Gasteiger partial charge in [-0.05, 0) is 52.2 Å². The van der Waals surface area contributed by atoms with Crippen molar-refractivity contribution in [3.63, 3.8) is 0 Å². The number of nitrogens with one attached hydrogen (secondary N) is 1. The molecule has 0 saturated heterocycles. The zero-order valence-corrected chi connectivity index (χ0v) is 17.6. The molecule has 1 N–H and O–H groups in total. The third-order valence-corrected chi connectivity index (χ3v) is 4.67. The summed E-state index contributed by atoms with van der Waals surface area (Å²) in [7, 11) is 0. The number of benzene rings is 3. The van der Waals surface area contributed by atoms with Gasteiger partial charge in [-0.1, -0.05) is 72.8 Å². The molecule has 0 aliphatic rings. The quantitative estimate of drug-likeness (QED) is 0.390. The number of ether oxygens (including phenoxy) is 1. The number of aryl methyl sites for hydroxylation is 1. The molecule has 29 heavy (non-hydrogen) atoms. The maximum atomic E-state index is 12.2. The number of carbonyl (C=O) groups is 1. The number of hydrogen-bond donors (Lipinski definition) is 1.